The Bertz CT molecular complexity index is 479. The van der Waals surface area contributed by atoms with Gasteiger partial charge in [0.05, 0.1) is 0 Å². The van der Waals surface area contributed by atoms with Crippen LogP contribution in [-0.4, -0.2) is 32.6 Å². The zero-order valence-electron chi connectivity index (χ0n) is 9.23. The molecule has 0 spiro atoms. The van der Waals surface area contributed by atoms with Crippen LogP contribution in [0.2, 0.25) is 0 Å². The Hall–Kier alpha value is -1.96. The van der Waals surface area contributed by atoms with E-state index < -0.39 is 0 Å². The monoisotopic (exact) mass is 252 g/mol. The summed E-state index contributed by atoms with van der Waals surface area (Å²) in [4.78, 5) is 18.4. The summed E-state index contributed by atoms with van der Waals surface area (Å²) < 4.78 is 0. The van der Waals surface area contributed by atoms with Crippen molar-refractivity contribution < 1.29 is 4.79 Å². The minimum absolute atomic E-state index is 0.306. The van der Waals surface area contributed by atoms with Crippen molar-refractivity contribution in [1.29, 1.82) is 0 Å². The van der Waals surface area contributed by atoms with Gasteiger partial charge in [0.2, 0.25) is 16.1 Å². The Balaban J connectivity index is 1.97. The highest BCUT2D eigenvalue weighted by Crippen LogP contribution is 2.15. The van der Waals surface area contributed by atoms with E-state index in [1.54, 1.807) is 12.4 Å². The maximum Gasteiger partial charge on any atom is 0.289 e. The normalized spacial score (nSPS) is 10.2. The number of H-pyrrole nitrogens is 1. The van der Waals surface area contributed by atoms with E-state index in [0.29, 0.717) is 16.1 Å². The van der Waals surface area contributed by atoms with Gasteiger partial charge in [-0.1, -0.05) is 18.3 Å². The molecule has 3 N–H and O–H groups in total. The van der Waals surface area contributed by atoms with E-state index in [0.717, 1.165) is 13.0 Å². The quantitative estimate of drug-likeness (QED) is 0.746. The van der Waals surface area contributed by atoms with Gasteiger partial charge < -0.3 is 10.3 Å². The Morgan fingerprint density at radius 2 is 2.41 bits per heavy atom. The van der Waals surface area contributed by atoms with Gasteiger partial charge in [-0.3, -0.25) is 10.1 Å². The van der Waals surface area contributed by atoms with Crippen LogP contribution in [0.25, 0.3) is 0 Å². The molecule has 0 bridgehead atoms. The predicted octanol–water partition coefficient (Wildman–Crippen LogP) is 1.34. The highest BCUT2D eigenvalue weighted by Gasteiger charge is 2.13. The number of hydrogen-bond donors (Lipinski definition) is 3. The number of rotatable bonds is 5. The van der Waals surface area contributed by atoms with Gasteiger partial charge in [-0.25, -0.2) is 4.98 Å². The zero-order valence-corrected chi connectivity index (χ0v) is 10.0. The Morgan fingerprint density at radius 3 is 3.12 bits per heavy atom. The molecule has 0 aliphatic heterocycles. The Labute approximate surface area is 102 Å². The lowest BCUT2D eigenvalue weighted by molar-refractivity contribution is 0.102. The van der Waals surface area contributed by atoms with Crippen molar-refractivity contribution in [1.82, 2.24) is 20.2 Å². The molecule has 17 heavy (non-hydrogen) atoms. The van der Waals surface area contributed by atoms with Crippen molar-refractivity contribution in [3.05, 3.63) is 17.4 Å². The van der Waals surface area contributed by atoms with Gasteiger partial charge >= 0.3 is 0 Å². The van der Waals surface area contributed by atoms with Crippen molar-refractivity contribution >= 4 is 28.3 Å². The molecular weight excluding hydrogens is 240 g/mol. The number of nitrogens with zero attached hydrogens (tertiary/aromatic N) is 3. The summed E-state index contributed by atoms with van der Waals surface area (Å²) >= 11 is 1.22. The number of carbonyl (C=O) groups excluding carboxylic acids is 1. The molecule has 0 aliphatic carbocycles. The van der Waals surface area contributed by atoms with E-state index in [2.05, 4.69) is 37.7 Å². The van der Waals surface area contributed by atoms with E-state index in [9.17, 15) is 4.79 Å². The first-order valence-electron chi connectivity index (χ1n) is 5.17. The van der Waals surface area contributed by atoms with Crippen LogP contribution in [0.1, 0.15) is 23.1 Å². The van der Waals surface area contributed by atoms with E-state index in [1.807, 2.05) is 0 Å². The molecule has 2 rings (SSSR count). The third-order valence-corrected chi connectivity index (χ3v) is 2.76. The number of hydrogen-bond acceptors (Lipinski definition) is 6. The van der Waals surface area contributed by atoms with Gasteiger partial charge in [0.25, 0.3) is 5.91 Å². The maximum atomic E-state index is 11.7. The first-order chi connectivity index (χ1) is 8.29. The SMILES string of the molecule is CCCNc1nnc(C(=O)Nc2ncc[nH]2)s1. The molecule has 0 atom stereocenters. The highest BCUT2D eigenvalue weighted by atomic mass is 32.1. The summed E-state index contributed by atoms with van der Waals surface area (Å²) in [6.07, 6.45) is 4.18. The van der Waals surface area contributed by atoms with Gasteiger partial charge in [0.15, 0.2) is 0 Å². The van der Waals surface area contributed by atoms with E-state index in [-0.39, 0.29) is 5.91 Å². The number of nitrogens with one attached hydrogen (secondary N) is 3. The molecule has 2 heterocycles. The second kappa shape index (κ2) is 5.39. The van der Waals surface area contributed by atoms with Gasteiger partial charge in [-0.2, -0.15) is 0 Å². The van der Waals surface area contributed by atoms with Gasteiger partial charge in [0, 0.05) is 18.9 Å². The van der Waals surface area contributed by atoms with Gasteiger partial charge in [-0.05, 0) is 6.42 Å². The molecule has 0 unspecified atom stereocenters. The van der Waals surface area contributed by atoms with Crippen molar-refractivity contribution in [2.45, 2.75) is 13.3 Å². The predicted molar refractivity (Wildman–Crippen MR) is 65.2 cm³/mol. The number of anilines is 2. The molecule has 8 heteroatoms. The highest BCUT2D eigenvalue weighted by molar-refractivity contribution is 7.17. The molecule has 90 valence electrons. The van der Waals surface area contributed by atoms with Crippen LogP contribution >= 0.6 is 11.3 Å². The zero-order chi connectivity index (χ0) is 12.1. The van der Waals surface area contributed by atoms with Gasteiger partial charge in [-0.15, -0.1) is 10.2 Å². The third-order valence-electron chi connectivity index (χ3n) is 1.88. The number of carbonyl (C=O) groups is 1. The lowest BCUT2D eigenvalue weighted by Gasteiger charge is -1.97. The average molecular weight is 252 g/mol. The minimum Gasteiger partial charge on any atom is -0.360 e. The first-order valence-corrected chi connectivity index (χ1v) is 5.99. The largest absolute Gasteiger partial charge is 0.360 e. The molecule has 0 aromatic carbocycles. The fourth-order valence-corrected chi connectivity index (χ4v) is 1.78. The van der Waals surface area contributed by atoms with Crippen LogP contribution in [0, 0.1) is 0 Å². The Kier molecular flexibility index (Phi) is 3.66. The summed E-state index contributed by atoms with van der Waals surface area (Å²) in [6.45, 7) is 2.87. The molecule has 0 aliphatic rings. The first kappa shape index (κ1) is 11.5. The van der Waals surface area contributed by atoms with E-state index in [4.69, 9.17) is 0 Å². The van der Waals surface area contributed by atoms with Crippen molar-refractivity contribution in [3.63, 3.8) is 0 Å². The molecule has 0 fully saturated rings. The Morgan fingerprint density at radius 1 is 1.53 bits per heavy atom. The fourth-order valence-electron chi connectivity index (χ4n) is 1.11. The van der Waals surface area contributed by atoms with Crippen LogP contribution in [-0.2, 0) is 0 Å². The number of aromatic amines is 1. The lowest BCUT2D eigenvalue weighted by atomic mass is 10.5. The summed E-state index contributed by atoms with van der Waals surface area (Å²) in [5, 5.41) is 14.3. The molecule has 2 aromatic heterocycles. The van der Waals surface area contributed by atoms with Crippen molar-refractivity contribution in [3.8, 4) is 0 Å². The van der Waals surface area contributed by atoms with Crippen LogP contribution in [0.4, 0.5) is 11.1 Å². The van der Waals surface area contributed by atoms with Crippen LogP contribution in [0.5, 0.6) is 0 Å². The summed E-state index contributed by atoms with van der Waals surface area (Å²) in [5.41, 5.74) is 0. The molecular formula is C9H12N6OS. The minimum atomic E-state index is -0.318. The number of amides is 1. The van der Waals surface area contributed by atoms with Crippen LogP contribution in [0.15, 0.2) is 12.4 Å². The summed E-state index contributed by atoms with van der Waals surface area (Å²) in [7, 11) is 0. The maximum absolute atomic E-state index is 11.7. The standard InChI is InChI=1S/C9H12N6OS/c1-2-3-12-9-15-14-7(17-9)6(16)13-8-10-4-5-11-8/h4-5H,2-3H2,1H3,(H,12,15)(H2,10,11,13,16). The smallest absolute Gasteiger partial charge is 0.289 e. The molecule has 0 saturated heterocycles. The van der Waals surface area contributed by atoms with Crippen molar-refractivity contribution in [2.75, 3.05) is 17.2 Å². The summed E-state index contributed by atoms with van der Waals surface area (Å²) in [5.74, 6) is 0.0789. The van der Waals surface area contributed by atoms with Crippen LogP contribution < -0.4 is 10.6 Å². The molecule has 0 saturated carbocycles. The van der Waals surface area contributed by atoms with Crippen LogP contribution in [0.3, 0.4) is 0 Å². The third kappa shape index (κ3) is 3.00. The summed E-state index contributed by atoms with van der Waals surface area (Å²) in [6, 6.07) is 0. The van der Waals surface area contributed by atoms with E-state index in [1.165, 1.54) is 11.3 Å². The second-order valence-electron chi connectivity index (χ2n) is 3.23. The molecule has 0 radical (unpaired) electrons. The molecule has 1 amide bonds. The fraction of sp³-hybridized carbons (Fsp3) is 0.333. The topological polar surface area (TPSA) is 95.6 Å². The molecule has 2 aromatic rings. The van der Waals surface area contributed by atoms with Gasteiger partial charge in [0.1, 0.15) is 0 Å². The molecule has 7 nitrogen and oxygen atoms in total. The lowest BCUT2D eigenvalue weighted by Crippen LogP contribution is -2.12. The number of aromatic nitrogens is 4. The van der Waals surface area contributed by atoms with Crippen molar-refractivity contribution in [2.24, 2.45) is 0 Å². The van der Waals surface area contributed by atoms with E-state index >= 15 is 0 Å². The average Bonchev–Trinajstić information content (AvgIpc) is 2.96. The number of imidazole rings is 1. The second-order valence-corrected chi connectivity index (χ2v) is 4.21.